The monoisotopic (exact) mass is 335 g/mol. The second-order valence-electron chi connectivity index (χ2n) is 4.63. The van der Waals surface area contributed by atoms with Gasteiger partial charge in [-0.2, -0.15) is 0 Å². The summed E-state index contributed by atoms with van der Waals surface area (Å²) in [5, 5.41) is 2.72. The van der Waals surface area contributed by atoms with Crippen LogP contribution in [-0.4, -0.2) is 37.9 Å². The van der Waals surface area contributed by atoms with Crippen LogP contribution in [0.1, 0.15) is 16.1 Å². The molecule has 0 aliphatic rings. The van der Waals surface area contributed by atoms with E-state index in [0.717, 1.165) is 10.2 Å². The van der Waals surface area contributed by atoms with E-state index in [1.807, 2.05) is 6.07 Å². The summed E-state index contributed by atoms with van der Waals surface area (Å²) in [4.78, 5) is 20.9. The standard InChI is InChI=1S/C15H17N3O4S/c1-18(22-2)23(20,21)14-8-6-12(7-9-14)15(19)17-11-13-5-3-4-10-16-13/h3-10H,11H2,1-2H3,(H,17,19). The van der Waals surface area contributed by atoms with E-state index < -0.39 is 10.0 Å². The molecular formula is C15H17N3O4S. The highest BCUT2D eigenvalue weighted by Gasteiger charge is 2.20. The van der Waals surface area contributed by atoms with E-state index in [2.05, 4.69) is 10.3 Å². The molecule has 7 nitrogen and oxygen atoms in total. The summed E-state index contributed by atoms with van der Waals surface area (Å²) in [5.74, 6) is -0.306. The first-order valence-electron chi connectivity index (χ1n) is 6.76. The molecule has 2 rings (SSSR count). The maximum absolute atomic E-state index is 12.0. The van der Waals surface area contributed by atoms with Gasteiger partial charge in [0.05, 0.1) is 24.2 Å². The lowest BCUT2D eigenvalue weighted by atomic mass is 10.2. The lowest BCUT2D eigenvalue weighted by molar-refractivity contribution is -0.0258. The van der Waals surface area contributed by atoms with Crippen molar-refractivity contribution in [2.75, 3.05) is 14.2 Å². The second-order valence-corrected chi connectivity index (χ2v) is 6.56. The molecule has 0 saturated heterocycles. The number of aromatic nitrogens is 1. The Kier molecular flexibility index (Phi) is 5.43. The van der Waals surface area contributed by atoms with Crippen LogP contribution in [0.2, 0.25) is 0 Å². The van der Waals surface area contributed by atoms with Crippen LogP contribution in [0.15, 0.2) is 53.6 Å². The van der Waals surface area contributed by atoms with Crippen LogP contribution in [0.4, 0.5) is 0 Å². The Labute approximate surface area is 134 Å². The molecule has 0 saturated carbocycles. The Hall–Kier alpha value is -2.29. The van der Waals surface area contributed by atoms with Gasteiger partial charge in [0.25, 0.3) is 15.9 Å². The SMILES string of the molecule is CON(C)S(=O)(=O)c1ccc(C(=O)NCc2ccccn2)cc1. The fraction of sp³-hybridized carbons (Fsp3) is 0.200. The molecule has 8 heteroatoms. The first-order valence-corrected chi connectivity index (χ1v) is 8.20. The van der Waals surface area contributed by atoms with Crippen molar-refractivity contribution in [3.63, 3.8) is 0 Å². The molecule has 0 bridgehead atoms. The minimum atomic E-state index is -3.72. The maximum Gasteiger partial charge on any atom is 0.264 e. The number of benzene rings is 1. The Bertz CT molecular complexity index is 761. The number of sulfonamides is 1. The van der Waals surface area contributed by atoms with Crippen molar-refractivity contribution in [3.05, 3.63) is 59.9 Å². The molecule has 1 amide bonds. The summed E-state index contributed by atoms with van der Waals surface area (Å²) < 4.78 is 24.8. The third-order valence-electron chi connectivity index (χ3n) is 3.17. The number of nitrogens with zero attached hydrogens (tertiary/aromatic N) is 2. The summed E-state index contributed by atoms with van der Waals surface area (Å²) in [6.07, 6.45) is 1.65. The molecule has 1 aromatic heterocycles. The van der Waals surface area contributed by atoms with Crippen LogP contribution in [0, 0.1) is 0 Å². The Morgan fingerprint density at radius 2 is 1.91 bits per heavy atom. The van der Waals surface area contributed by atoms with E-state index >= 15 is 0 Å². The molecule has 1 N–H and O–H groups in total. The van der Waals surface area contributed by atoms with E-state index in [-0.39, 0.29) is 10.8 Å². The highest BCUT2D eigenvalue weighted by Crippen LogP contribution is 2.15. The van der Waals surface area contributed by atoms with Crippen molar-refractivity contribution in [3.8, 4) is 0 Å². The zero-order chi connectivity index (χ0) is 16.9. The van der Waals surface area contributed by atoms with Gasteiger partial charge in [-0.1, -0.05) is 10.5 Å². The van der Waals surface area contributed by atoms with Gasteiger partial charge in [-0.3, -0.25) is 14.6 Å². The molecule has 0 atom stereocenters. The predicted octanol–water partition coefficient (Wildman–Crippen LogP) is 1.19. The van der Waals surface area contributed by atoms with E-state index in [1.165, 1.54) is 38.4 Å². The minimum Gasteiger partial charge on any atom is -0.346 e. The Morgan fingerprint density at radius 1 is 1.22 bits per heavy atom. The Balaban J connectivity index is 2.06. The first-order chi connectivity index (χ1) is 10.9. The smallest absolute Gasteiger partial charge is 0.264 e. The molecule has 23 heavy (non-hydrogen) atoms. The van der Waals surface area contributed by atoms with E-state index in [0.29, 0.717) is 12.1 Å². The lowest BCUT2D eigenvalue weighted by Crippen LogP contribution is -2.26. The number of pyridine rings is 1. The molecule has 0 spiro atoms. The molecule has 2 aromatic rings. The van der Waals surface area contributed by atoms with Gasteiger partial charge in [0.1, 0.15) is 0 Å². The molecule has 0 unspecified atom stereocenters. The number of hydrogen-bond acceptors (Lipinski definition) is 5. The first kappa shape index (κ1) is 17.1. The highest BCUT2D eigenvalue weighted by molar-refractivity contribution is 7.89. The van der Waals surface area contributed by atoms with Crippen molar-refractivity contribution in [1.29, 1.82) is 0 Å². The molecule has 0 fully saturated rings. The minimum absolute atomic E-state index is 0.0446. The summed E-state index contributed by atoms with van der Waals surface area (Å²) in [7, 11) is -1.16. The number of carbonyl (C=O) groups is 1. The summed E-state index contributed by atoms with van der Waals surface area (Å²) in [6.45, 7) is 0.298. The van der Waals surface area contributed by atoms with Crippen molar-refractivity contribution < 1.29 is 18.0 Å². The van der Waals surface area contributed by atoms with Crippen LogP contribution in [-0.2, 0) is 21.4 Å². The number of rotatable bonds is 6. The van der Waals surface area contributed by atoms with Crippen LogP contribution < -0.4 is 5.32 Å². The van der Waals surface area contributed by atoms with Crippen LogP contribution in [0.3, 0.4) is 0 Å². The summed E-state index contributed by atoms with van der Waals surface area (Å²) in [5.41, 5.74) is 1.10. The van der Waals surface area contributed by atoms with Gasteiger partial charge in [-0.25, -0.2) is 8.42 Å². The molecule has 0 aliphatic carbocycles. The average molecular weight is 335 g/mol. The van der Waals surface area contributed by atoms with Gasteiger partial charge >= 0.3 is 0 Å². The molecule has 1 heterocycles. The topological polar surface area (TPSA) is 88.6 Å². The number of nitrogens with one attached hydrogen (secondary N) is 1. The zero-order valence-corrected chi connectivity index (χ0v) is 13.6. The summed E-state index contributed by atoms with van der Waals surface area (Å²) >= 11 is 0. The quantitative estimate of drug-likeness (QED) is 0.801. The Morgan fingerprint density at radius 3 is 2.48 bits per heavy atom. The second kappa shape index (κ2) is 7.32. The van der Waals surface area contributed by atoms with Gasteiger partial charge in [0.15, 0.2) is 0 Å². The van der Waals surface area contributed by atoms with E-state index in [4.69, 9.17) is 4.84 Å². The van der Waals surface area contributed by atoms with Gasteiger partial charge < -0.3 is 5.32 Å². The van der Waals surface area contributed by atoms with Crippen molar-refractivity contribution in [2.45, 2.75) is 11.4 Å². The lowest BCUT2D eigenvalue weighted by Gasteiger charge is -2.14. The fourth-order valence-corrected chi connectivity index (χ4v) is 2.77. The average Bonchev–Trinajstić information content (AvgIpc) is 2.59. The van der Waals surface area contributed by atoms with Gasteiger partial charge in [-0.05, 0) is 36.4 Å². The number of carbonyl (C=O) groups excluding carboxylic acids is 1. The zero-order valence-electron chi connectivity index (χ0n) is 12.8. The molecule has 0 aliphatic heterocycles. The van der Waals surface area contributed by atoms with Crippen LogP contribution >= 0.6 is 0 Å². The number of amides is 1. The normalized spacial score (nSPS) is 11.4. The van der Waals surface area contributed by atoms with E-state index in [1.54, 1.807) is 18.3 Å². The molecular weight excluding hydrogens is 318 g/mol. The number of hydrogen-bond donors (Lipinski definition) is 1. The van der Waals surface area contributed by atoms with Crippen molar-refractivity contribution in [1.82, 2.24) is 14.8 Å². The summed E-state index contributed by atoms with van der Waals surface area (Å²) in [6, 6.07) is 11.0. The van der Waals surface area contributed by atoms with Gasteiger partial charge in [-0.15, -0.1) is 0 Å². The van der Waals surface area contributed by atoms with Crippen molar-refractivity contribution in [2.24, 2.45) is 0 Å². The molecule has 122 valence electrons. The third-order valence-corrected chi connectivity index (χ3v) is 4.86. The number of hydroxylamine groups is 1. The third kappa shape index (κ3) is 4.13. The largest absolute Gasteiger partial charge is 0.346 e. The predicted molar refractivity (Wildman–Crippen MR) is 83.8 cm³/mol. The van der Waals surface area contributed by atoms with Gasteiger partial charge in [0.2, 0.25) is 0 Å². The maximum atomic E-state index is 12.0. The van der Waals surface area contributed by atoms with Crippen molar-refractivity contribution >= 4 is 15.9 Å². The van der Waals surface area contributed by atoms with Gasteiger partial charge in [0, 0.05) is 18.8 Å². The van der Waals surface area contributed by atoms with E-state index in [9.17, 15) is 13.2 Å². The van der Waals surface area contributed by atoms with Crippen LogP contribution in [0.25, 0.3) is 0 Å². The molecule has 1 aromatic carbocycles. The fourth-order valence-electron chi connectivity index (χ4n) is 1.80. The molecule has 0 radical (unpaired) electrons. The van der Waals surface area contributed by atoms with Crippen LogP contribution in [0.5, 0.6) is 0 Å². The highest BCUT2D eigenvalue weighted by atomic mass is 32.2.